The molecular formula is C12H17BrN6. The summed E-state index contributed by atoms with van der Waals surface area (Å²) in [7, 11) is 1.97. The zero-order chi connectivity index (χ0) is 13.7. The number of anilines is 2. The second-order valence-electron chi connectivity index (χ2n) is 4.12. The van der Waals surface area contributed by atoms with Crippen LogP contribution < -0.4 is 10.6 Å². The summed E-state index contributed by atoms with van der Waals surface area (Å²) < 4.78 is 2.82. The molecule has 2 aromatic rings. The van der Waals surface area contributed by atoms with Crippen molar-refractivity contribution in [2.24, 2.45) is 7.05 Å². The molecule has 0 aromatic carbocycles. The monoisotopic (exact) mass is 324 g/mol. The van der Waals surface area contributed by atoms with Gasteiger partial charge in [0.1, 0.15) is 28.3 Å². The van der Waals surface area contributed by atoms with Crippen molar-refractivity contribution in [2.75, 3.05) is 17.2 Å². The molecule has 0 unspecified atom stereocenters. The van der Waals surface area contributed by atoms with Gasteiger partial charge in [-0.15, -0.1) is 0 Å². The molecule has 2 rings (SSSR count). The second-order valence-corrected chi connectivity index (χ2v) is 4.91. The first kappa shape index (κ1) is 13.8. The summed E-state index contributed by atoms with van der Waals surface area (Å²) in [5, 5.41) is 6.50. The van der Waals surface area contributed by atoms with E-state index in [1.165, 1.54) is 0 Å². The van der Waals surface area contributed by atoms with Crippen LogP contribution in [0, 0.1) is 0 Å². The van der Waals surface area contributed by atoms with E-state index in [9.17, 15) is 0 Å². The number of nitrogens with one attached hydrogen (secondary N) is 2. The second kappa shape index (κ2) is 6.51. The maximum atomic E-state index is 4.26. The minimum absolute atomic E-state index is 0.617. The van der Waals surface area contributed by atoms with E-state index in [0.717, 1.165) is 34.9 Å². The number of nitrogens with zero attached hydrogens (tertiary/aromatic N) is 4. The molecule has 7 heteroatoms. The van der Waals surface area contributed by atoms with Crippen molar-refractivity contribution in [1.82, 2.24) is 19.5 Å². The first-order chi connectivity index (χ1) is 9.22. The molecule has 0 aliphatic rings. The SMILES string of the molecule is CCCNc1ncnc(NCc2nccn2C)c1Br. The maximum Gasteiger partial charge on any atom is 0.146 e. The minimum atomic E-state index is 0.617. The quantitative estimate of drug-likeness (QED) is 0.854. The lowest BCUT2D eigenvalue weighted by Gasteiger charge is -2.11. The Morgan fingerprint density at radius 2 is 1.95 bits per heavy atom. The standard InChI is InChI=1S/C12H17BrN6/c1-3-4-15-11-10(13)12(18-8-17-11)16-7-9-14-5-6-19(9)2/h5-6,8H,3-4,7H2,1-2H3,(H2,15,16,17,18). The smallest absolute Gasteiger partial charge is 0.146 e. The van der Waals surface area contributed by atoms with Gasteiger partial charge < -0.3 is 15.2 Å². The van der Waals surface area contributed by atoms with Crippen LogP contribution in [0.15, 0.2) is 23.2 Å². The number of halogens is 1. The Bertz CT molecular complexity index is 539. The molecule has 2 heterocycles. The van der Waals surface area contributed by atoms with Crippen LogP contribution in [0.2, 0.25) is 0 Å². The van der Waals surface area contributed by atoms with Crippen LogP contribution in [0.3, 0.4) is 0 Å². The number of imidazole rings is 1. The van der Waals surface area contributed by atoms with Crippen LogP contribution >= 0.6 is 15.9 Å². The van der Waals surface area contributed by atoms with E-state index in [4.69, 9.17) is 0 Å². The Labute approximate surface area is 120 Å². The van der Waals surface area contributed by atoms with E-state index in [2.05, 4.69) is 48.4 Å². The van der Waals surface area contributed by atoms with E-state index in [-0.39, 0.29) is 0 Å². The van der Waals surface area contributed by atoms with E-state index < -0.39 is 0 Å². The molecule has 6 nitrogen and oxygen atoms in total. The summed E-state index contributed by atoms with van der Waals surface area (Å²) in [6.45, 7) is 3.61. The molecule has 0 saturated heterocycles. The van der Waals surface area contributed by atoms with Crippen LogP contribution in [-0.2, 0) is 13.6 Å². The molecule has 0 bridgehead atoms. The number of aryl methyl sites for hydroxylation is 1. The topological polar surface area (TPSA) is 67.7 Å². The predicted octanol–water partition coefficient (Wildman–Crippen LogP) is 2.41. The van der Waals surface area contributed by atoms with Gasteiger partial charge in [-0.3, -0.25) is 0 Å². The lowest BCUT2D eigenvalue weighted by Crippen LogP contribution is -2.09. The molecular weight excluding hydrogens is 308 g/mol. The molecule has 0 saturated carbocycles. The average Bonchev–Trinajstić information content (AvgIpc) is 2.82. The summed E-state index contributed by atoms with van der Waals surface area (Å²) in [5.41, 5.74) is 0. The van der Waals surface area contributed by atoms with Gasteiger partial charge in [0.05, 0.1) is 6.54 Å². The number of aromatic nitrogens is 4. The summed E-state index contributed by atoms with van der Waals surface area (Å²) >= 11 is 3.52. The van der Waals surface area contributed by atoms with Gasteiger partial charge in [-0.05, 0) is 22.4 Å². The Hall–Kier alpha value is -1.63. The van der Waals surface area contributed by atoms with Gasteiger partial charge in [0, 0.05) is 26.0 Å². The third-order valence-electron chi connectivity index (χ3n) is 2.67. The summed E-state index contributed by atoms with van der Waals surface area (Å²) in [4.78, 5) is 12.7. The highest BCUT2D eigenvalue weighted by molar-refractivity contribution is 9.10. The number of hydrogen-bond acceptors (Lipinski definition) is 5. The number of hydrogen-bond donors (Lipinski definition) is 2. The van der Waals surface area contributed by atoms with Crippen LogP contribution in [-0.4, -0.2) is 26.1 Å². The van der Waals surface area contributed by atoms with Crippen LogP contribution in [0.5, 0.6) is 0 Å². The van der Waals surface area contributed by atoms with Gasteiger partial charge in [-0.25, -0.2) is 15.0 Å². The Balaban J connectivity index is 2.06. The van der Waals surface area contributed by atoms with Crippen molar-refractivity contribution in [3.63, 3.8) is 0 Å². The largest absolute Gasteiger partial charge is 0.369 e. The van der Waals surface area contributed by atoms with Crippen molar-refractivity contribution in [3.8, 4) is 0 Å². The van der Waals surface area contributed by atoms with Crippen molar-refractivity contribution in [3.05, 3.63) is 29.0 Å². The van der Waals surface area contributed by atoms with E-state index in [0.29, 0.717) is 6.54 Å². The fraction of sp³-hybridized carbons (Fsp3) is 0.417. The van der Waals surface area contributed by atoms with Gasteiger partial charge in [0.2, 0.25) is 0 Å². The van der Waals surface area contributed by atoms with Gasteiger partial charge in [0.25, 0.3) is 0 Å². The molecule has 0 aliphatic carbocycles. The molecule has 102 valence electrons. The minimum Gasteiger partial charge on any atom is -0.369 e. The average molecular weight is 325 g/mol. The van der Waals surface area contributed by atoms with Crippen LogP contribution in [0.4, 0.5) is 11.6 Å². The molecule has 0 fully saturated rings. The van der Waals surface area contributed by atoms with Crippen molar-refractivity contribution in [1.29, 1.82) is 0 Å². The lowest BCUT2D eigenvalue weighted by atomic mass is 10.4. The molecule has 0 radical (unpaired) electrons. The van der Waals surface area contributed by atoms with Crippen molar-refractivity contribution < 1.29 is 0 Å². The lowest BCUT2D eigenvalue weighted by molar-refractivity contribution is 0.810. The highest BCUT2D eigenvalue weighted by Gasteiger charge is 2.08. The molecule has 2 aromatic heterocycles. The molecule has 0 atom stereocenters. The van der Waals surface area contributed by atoms with Crippen LogP contribution in [0.1, 0.15) is 19.2 Å². The fourth-order valence-corrected chi connectivity index (χ4v) is 2.07. The van der Waals surface area contributed by atoms with E-state index in [1.807, 2.05) is 17.8 Å². The zero-order valence-corrected chi connectivity index (χ0v) is 12.6. The first-order valence-corrected chi connectivity index (χ1v) is 6.96. The number of rotatable bonds is 6. The maximum absolute atomic E-state index is 4.26. The van der Waals surface area contributed by atoms with Crippen molar-refractivity contribution >= 4 is 27.6 Å². The molecule has 19 heavy (non-hydrogen) atoms. The third kappa shape index (κ3) is 3.44. The highest BCUT2D eigenvalue weighted by Crippen LogP contribution is 2.26. The molecule has 2 N–H and O–H groups in total. The molecule has 0 spiro atoms. The predicted molar refractivity (Wildman–Crippen MR) is 79.0 cm³/mol. The van der Waals surface area contributed by atoms with E-state index >= 15 is 0 Å². The van der Waals surface area contributed by atoms with Gasteiger partial charge in [0.15, 0.2) is 0 Å². The zero-order valence-electron chi connectivity index (χ0n) is 11.0. The van der Waals surface area contributed by atoms with Crippen molar-refractivity contribution in [2.45, 2.75) is 19.9 Å². The van der Waals surface area contributed by atoms with Gasteiger partial charge in [-0.1, -0.05) is 6.92 Å². The summed E-state index contributed by atoms with van der Waals surface area (Å²) in [5.74, 6) is 2.52. The van der Waals surface area contributed by atoms with Gasteiger partial charge in [-0.2, -0.15) is 0 Å². The molecule has 0 aliphatic heterocycles. The molecule has 0 amide bonds. The Morgan fingerprint density at radius 1 is 1.21 bits per heavy atom. The summed E-state index contributed by atoms with van der Waals surface area (Å²) in [6, 6.07) is 0. The van der Waals surface area contributed by atoms with E-state index in [1.54, 1.807) is 12.5 Å². The first-order valence-electron chi connectivity index (χ1n) is 6.16. The van der Waals surface area contributed by atoms with Gasteiger partial charge >= 0.3 is 0 Å². The Morgan fingerprint density at radius 3 is 2.58 bits per heavy atom. The normalized spacial score (nSPS) is 10.5. The highest BCUT2D eigenvalue weighted by atomic mass is 79.9. The third-order valence-corrected chi connectivity index (χ3v) is 3.42. The Kier molecular flexibility index (Phi) is 4.73. The van der Waals surface area contributed by atoms with Crippen LogP contribution in [0.25, 0.3) is 0 Å². The fourth-order valence-electron chi connectivity index (χ4n) is 1.59. The summed E-state index contributed by atoms with van der Waals surface area (Å²) in [6.07, 6.45) is 6.29.